The lowest BCUT2D eigenvalue weighted by Gasteiger charge is -2.29. The molecule has 2 amide bonds. The highest BCUT2D eigenvalue weighted by Gasteiger charge is 2.39. The Labute approximate surface area is 156 Å². The van der Waals surface area contributed by atoms with Gasteiger partial charge in [-0.05, 0) is 49.9 Å². The van der Waals surface area contributed by atoms with Crippen molar-refractivity contribution in [2.24, 2.45) is 5.41 Å². The fraction of sp³-hybridized carbons (Fsp3) is 0.364. The molecule has 0 spiro atoms. The molecule has 0 aliphatic heterocycles. The highest BCUT2D eigenvalue weighted by atomic mass is 16.2. The number of benzene rings is 2. The fourth-order valence-corrected chi connectivity index (χ4v) is 2.90. The van der Waals surface area contributed by atoms with Crippen LogP contribution in [0.1, 0.15) is 44.7 Å². The maximum absolute atomic E-state index is 13.0. The van der Waals surface area contributed by atoms with E-state index in [2.05, 4.69) is 19.2 Å². The normalized spacial score (nSPS) is 11.3. The highest BCUT2D eigenvalue weighted by Crippen LogP contribution is 2.30. The number of anilines is 2. The van der Waals surface area contributed by atoms with Gasteiger partial charge < -0.3 is 10.2 Å². The average molecular weight is 352 g/mol. The van der Waals surface area contributed by atoms with Gasteiger partial charge in [0.25, 0.3) is 0 Å². The minimum Gasteiger partial charge on any atom is -0.325 e. The topological polar surface area (TPSA) is 49.4 Å². The van der Waals surface area contributed by atoms with Crippen LogP contribution >= 0.6 is 0 Å². The first kappa shape index (κ1) is 19.7. The number of nitrogens with zero attached hydrogens (tertiary/aromatic N) is 1. The molecule has 0 fully saturated rings. The number of rotatable bonds is 5. The van der Waals surface area contributed by atoms with Gasteiger partial charge in [0.1, 0.15) is 5.41 Å². The van der Waals surface area contributed by atoms with E-state index < -0.39 is 5.41 Å². The van der Waals surface area contributed by atoms with Gasteiger partial charge >= 0.3 is 0 Å². The molecule has 4 nitrogen and oxygen atoms in total. The molecule has 0 aliphatic carbocycles. The van der Waals surface area contributed by atoms with Crippen molar-refractivity contribution >= 4 is 23.2 Å². The van der Waals surface area contributed by atoms with Crippen molar-refractivity contribution in [3.05, 3.63) is 59.7 Å². The molecule has 0 saturated heterocycles. The summed E-state index contributed by atoms with van der Waals surface area (Å²) in [7, 11) is 1.69. The van der Waals surface area contributed by atoms with E-state index in [1.54, 1.807) is 20.9 Å². The summed E-state index contributed by atoms with van der Waals surface area (Å²) in [6.45, 7) is 9.47. The van der Waals surface area contributed by atoms with Crippen molar-refractivity contribution in [1.29, 1.82) is 0 Å². The molecule has 0 saturated carbocycles. The first-order valence-electron chi connectivity index (χ1n) is 8.90. The first-order chi connectivity index (χ1) is 12.2. The molecule has 1 N–H and O–H groups in total. The largest absolute Gasteiger partial charge is 0.325 e. The second kappa shape index (κ2) is 7.73. The second-order valence-electron chi connectivity index (χ2n) is 7.47. The summed E-state index contributed by atoms with van der Waals surface area (Å²) in [5, 5.41) is 3.00. The van der Waals surface area contributed by atoms with E-state index >= 15 is 0 Å². The van der Waals surface area contributed by atoms with E-state index in [-0.39, 0.29) is 17.7 Å². The van der Waals surface area contributed by atoms with Gasteiger partial charge in [-0.15, -0.1) is 0 Å². The smallest absolute Gasteiger partial charge is 0.241 e. The minimum absolute atomic E-state index is 0.249. The van der Waals surface area contributed by atoms with Gasteiger partial charge in [-0.1, -0.05) is 50.2 Å². The standard InChI is InChI=1S/C22H28N2O2/c1-15(2)18-14-10-11-16(3)19(18)23-20(25)22(4,5)21(26)24(6)17-12-8-7-9-13-17/h7-15H,1-6H3,(H,23,25). The maximum atomic E-state index is 13.0. The number of hydrogen-bond donors (Lipinski definition) is 1. The van der Waals surface area contributed by atoms with Crippen molar-refractivity contribution in [2.75, 3.05) is 17.3 Å². The Bertz CT molecular complexity index is 795. The third-order valence-electron chi connectivity index (χ3n) is 4.72. The summed E-state index contributed by atoms with van der Waals surface area (Å²) in [6.07, 6.45) is 0. The summed E-state index contributed by atoms with van der Waals surface area (Å²) >= 11 is 0. The molecule has 0 atom stereocenters. The molecule has 0 bridgehead atoms. The third-order valence-corrected chi connectivity index (χ3v) is 4.72. The van der Waals surface area contributed by atoms with E-state index in [9.17, 15) is 9.59 Å². The predicted octanol–water partition coefficient (Wildman–Crippen LogP) is 4.75. The second-order valence-corrected chi connectivity index (χ2v) is 7.47. The molecule has 138 valence electrons. The predicted molar refractivity (Wildman–Crippen MR) is 108 cm³/mol. The quantitative estimate of drug-likeness (QED) is 0.790. The molecule has 0 aliphatic rings. The van der Waals surface area contributed by atoms with Crippen LogP contribution in [0.3, 0.4) is 0 Å². The lowest BCUT2D eigenvalue weighted by Crippen LogP contribution is -2.46. The molecule has 0 radical (unpaired) electrons. The summed E-state index contributed by atoms with van der Waals surface area (Å²) < 4.78 is 0. The van der Waals surface area contributed by atoms with Gasteiger partial charge in [0.05, 0.1) is 0 Å². The lowest BCUT2D eigenvalue weighted by atomic mass is 9.89. The molecule has 2 aromatic carbocycles. The molecule has 0 unspecified atom stereocenters. The Kier molecular flexibility index (Phi) is 5.86. The number of carbonyl (C=O) groups excluding carboxylic acids is 2. The molecule has 2 rings (SSSR count). The minimum atomic E-state index is -1.19. The van der Waals surface area contributed by atoms with E-state index in [4.69, 9.17) is 0 Å². The molecule has 0 aromatic heterocycles. The zero-order valence-corrected chi connectivity index (χ0v) is 16.5. The van der Waals surface area contributed by atoms with Crippen LogP contribution in [-0.2, 0) is 9.59 Å². The van der Waals surface area contributed by atoms with Crippen LogP contribution in [0.5, 0.6) is 0 Å². The van der Waals surface area contributed by atoms with Gasteiger partial charge in [-0.2, -0.15) is 0 Å². The van der Waals surface area contributed by atoms with Gasteiger partial charge in [-0.25, -0.2) is 0 Å². The van der Waals surface area contributed by atoms with Crippen LogP contribution in [0.15, 0.2) is 48.5 Å². The Morgan fingerprint density at radius 2 is 1.62 bits per heavy atom. The number of aryl methyl sites for hydroxylation is 1. The van der Waals surface area contributed by atoms with E-state index in [1.807, 2.05) is 55.5 Å². The number of carbonyl (C=O) groups is 2. The number of nitrogens with one attached hydrogen (secondary N) is 1. The van der Waals surface area contributed by atoms with E-state index in [0.717, 1.165) is 22.5 Å². The molecular weight excluding hydrogens is 324 g/mol. The zero-order valence-electron chi connectivity index (χ0n) is 16.5. The molecular formula is C22H28N2O2. The van der Waals surface area contributed by atoms with Crippen molar-refractivity contribution in [1.82, 2.24) is 0 Å². The van der Waals surface area contributed by atoms with Gasteiger partial charge in [-0.3, -0.25) is 9.59 Å². The molecule has 0 heterocycles. The van der Waals surface area contributed by atoms with Crippen molar-refractivity contribution in [3.8, 4) is 0 Å². The Morgan fingerprint density at radius 1 is 1.00 bits per heavy atom. The first-order valence-corrected chi connectivity index (χ1v) is 8.90. The molecule has 4 heteroatoms. The molecule has 2 aromatic rings. The maximum Gasteiger partial charge on any atom is 0.241 e. The molecule has 26 heavy (non-hydrogen) atoms. The Morgan fingerprint density at radius 3 is 2.19 bits per heavy atom. The summed E-state index contributed by atoms with van der Waals surface area (Å²) in [4.78, 5) is 27.5. The van der Waals surface area contributed by atoms with Gasteiger partial charge in [0, 0.05) is 18.4 Å². The number of amides is 2. The van der Waals surface area contributed by atoms with Crippen molar-refractivity contribution in [3.63, 3.8) is 0 Å². The van der Waals surface area contributed by atoms with E-state index in [0.29, 0.717) is 0 Å². The SMILES string of the molecule is Cc1cccc(C(C)C)c1NC(=O)C(C)(C)C(=O)N(C)c1ccccc1. The fourth-order valence-electron chi connectivity index (χ4n) is 2.90. The van der Waals surface area contributed by atoms with Crippen LogP contribution in [-0.4, -0.2) is 18.9 Å². The van der Waals surface area contributed by atoms with Crippen LogP contribution in [0.4, 0.5) is 11.4 Å². The van der Waals surface area contributed by atoms with E-state index in [1.165, 1.54) is 4.90 Å². The summed E-state index contributed by atoms with van der Waals surface area (Å²) in [5.74, 6) is -0.279. The monoisotopic (exact) mass is 352 g/mol. The zero-order chi connectivity index (χ0) is 19.5. The number of para-hydroxylation sites is 2. The van der Waals surface area contributed by atoms with Gasteiger partial charge in [0.15, 0.2) is 0 Å². The average Bonchev–Trinajstić information content (AvgIpc) is 2.62. The summed E-state index contributed by atoms with van der Waals surface area (Å²) in [6, 6.07) is 15.3. The van der Waals surface area contributed by atoms with Crippen LogP contribution in [0, 0.1) is 12.3 Å². The lowest BCUT2D eigenvalue weighted by molar-refractivity contribution is -0.136. The summed E-state index contributed by atoms with van der Waals surface area (Å²) in [5.41, 5.74) is 2.43. The number of hydrogen-bond acceptors (Lipinski definition) is 2. The highest BCUT2D eigenvalue weighted by molar-refractivity contribution is 6.15. The van der Waals surface area contributed by atoms with Crippen LogP contribution in [0.25, 0.3) is 0 Å². The Balaban J connectivity index is 2.27. The third kappa shape index (κ3) is 3.96. The van der Waals surface area contributed by atoms with Crippen molar-refractivity contribution < 1.29 is 9.59 Å². The van der Waals surface area contributed by atoms with Crippen LogP contribution < -0.4 is 10.2 Å². The Hall–Kier alpha value is -2.62. The van der Waals surface area contributed by atoms with Crippen LogP contribution in [0.2, 0.25) is 0 Å². The van der Waals surface area contributed by atoms with Gasteiger partial charge in [0.2, 0.25) is 11.8 Å². The van der Waals surface area contributed by atoms with Crippen molar-refractivity contribution in [2.45, 2.75) is 40.5 Å².